The second-order valence-corrected chi connectivity index (χ2v) is 18.9. The molecule has 0 unspecified atom stereocenters. The van der Waals surface area contributed by atoms with E-state index in [9.17, 15) is 0 Å². The highest BCUT2D eigenvalue weighted by atomic mass is 28.3. The number of halogens is 2. The lowest BCUT2D eigenvalue weighted by Gasteiger charge is -2.37. The molecule has 1 aliphatic rings. The van der Waals surface area contributed by atoms with Crippen molar-refractivity contribution in [3.8, 4) is 11.1 Å². The monoisotopic (exact) mass is 779 g/mol. The molecule has 0 radical (unpaired) electrons. The summed E-state index contributed by atoms with van der Waals surface area (Å²) in [7, 11) is -2.84. The van der Waals surface area contributed by atoms with Gasteiger partial charge in [0, 0.05) is 17.1 Å². The molecule has 0 saturated carbocycles. The van der Waals surface area contributed by atoms with Crippen LogP contribution in [-0.4, -0.2) is 8.07 Å². The van der Waals surface area contributed by atoms with Gasteiger partial charge in [-0.2, -0.15) is 0 Å². The maximum Gasteiger partial charge on any atom is 0.179 e. The van der Waals surface area contributed by atoms with Crippen LogP contribution in [0, 0.1) is 11.6 Å². The van der Waals surface area contributed by atoms with Crippen LogP contribution in [0.3, 0.4) is 0 Å². The van der Waals surface area contributed by atoms with Gasteiger partial charge in [0.1, 0.15) is 11.6 Å². The SMILES string of the molecule is Fc1ccc2c(c1)C(c1ccc(N(c3ccccc3)c3ccccc3)cc1)(c1ccc([Si](c3ccccc3)(c3ccccc3)c3ccccc3)cc1)c1cc(F)ccc1-2. The van der Waals surface area contributed by atoms with Gasteiger partial charge in [0.2, 0.25) is 0 Å². The summed E-state index contributed by atoms with van der Waals surface area (Å²) in [5.74, 6) is -0.671. The Kier molecular flexibility index (Phi) is 9.20. The fourth-order valence-corrected chi connectivity index (χ4v) is 14.3. The van der Waals surface area contributed by atoms with Crippen molar-refractivity contribution in [2.24, 2.45) is 0 Å². The average molecular weight is 780 g/mol. The average Bonchev–Trinajstić information content (AvgIpc) is 3.58. The molecule has 0 amide bonds. The predicted molar refractivity (Wildman–Crippen MR) is 242 cm³/mol. The van der Waals surface area contributed by atoms with Gasteiger partial charge in [-0.15, -0.1) is 0 Å². The van der Waals surface area contributed by atoms with E-state index in [1.54, 1.807) is 12.1 Å². The molecule has 0 spiro atoms. The van der Waals surface area contributed by atoms with Gasteiger partial charge < -0.3 is 4.90 Å². The van der Waals surface area contributed by atoms with E-state index in [0.717, 1.165) is 50.4 Å². The lowest BCUT2D eigenvalue weighted by Crippen LogP contribution is -2.74. The molecule has 0 saturated heterocycles. The van der Waals surface area contributed by atoms with Crippen molar-refractivity contribution in [1.29, 1.82) is 0 Å². The Morgan fingerprint density at radius 2 is 0.644 bits per heavy atom. The highest BCUT2D eigenvalue weighted by molar-refractivity contribution is 7.19. The van der Waals surface area contributed by atoms with Crippen LogP contribution in [0.2, 0.25) is 0 Å². The molecule has 0 atom stereocenters. The molecule has 0 fully saturated rings. The number of rotatable bonds is 9. The molecular formula is C55H39F2NSi. The van der Waals surface area contributed by atoms with Crippen molar-refractivity contribution in [3.05, 3.63) is 270 Å². The Bertz CT molecular complexity index is 2680. The number of benzene rings is 9. The summed E-state index contributed by atoms with van der Waals surface area (Å²) < 4.78 is 31.4. The first-order valence-corrected chi connectivity index (χ1v) is 22.0. The molecule has 0 heterocycles. The molecule has 4 heteroatoms. The topological polar surface area (TPSA) is 3.24 Å². The second kappa shape index (κ2) is 15.0. The molecule has 0 aliphatic heterocycles. The molecular weight excluding hydrogens is 741 g/mol. The van der Waals surface area contributed by atoms with Crippen molar-refractivity contribution in [3.63, 3.8) is 0 Å². The number of hydrogen-bond acceptors (Lipinski definition) is 1. The van der Waals surface area contributed by atoms with Crippen molar-refractivity contribution in [1.82, 2.24) is 0 Å². The highest BCUT2D eigenvalue weighted by Gasteiger charge is 2.48. The zero-order valence-corrected chi connectivity index (χ0v) is 33.2. The molecule has 0 N–H and O–H groups in total. The fraction of sp³-hybridized carbons (Fsp3) is 0.0182. The van der Waals surface area contributed by atoms with Crippen molar-refractivity contribution in [2.75, 3.05) is 4.90 Å². The molecule has 10 rings (SSSR count). The Hall–Kier alpha value is -7.14. The molecule has 9 aromatic carbocycles. The largest absolute Gasteiger partial charge is 0.311 e. The normalized spacial score (nSPS) is 12.7. The molecule has 0 aromatic heterocycles. The lowest BCUT2D eigenvalue weighted by molar-refractivity contribution is 0.616. The van der Waals surface area contributed by atoms with Gasteiger partial charge in [-0.25, -0.2) is 8.78 Å². The van der Waals surface area contributed by atoms with E-state index >= 15 is 8.78 Å². The van der Waals surface area contributed by atoms with Gasteiger partial charge in [-0.3, -0.25) is 0 Å². The van der Waals surface area contributed by atoms with Crippen molar-refractivity contribution in [2.45, 2.75) is 5.41 Å². The first-order chi connectivity index (χ1) is 29.1. The maximum atomic E-state index is 15.7. The fourth-order valence-electron chi connectivity index (χ4n) is 9.55. The zero-order valence-electron chi connectivity index (χ0n) is 32.2. The predicted octanol–water partition coefficient (Wildman–Crippen LogP) is 11.2. The molecule has 1 nitrogen and oxygen atoms in total. The van der Waals surface area contributed by atoms with E-state index < -0.39 is 13.5 Å². The third kappa shape index (κ3) is 5.95. The van der Waals surface area contributed by atoms with Crippen LogP contribution >= 0.6 is 0 Å². The molecule has 0 bridgehead atoms. The van der Waals surface area contributed by atoms with Crippen molar-refractivity contribution < 1.29 is 8.78 Å². The molecule has 9 aromatic rings. The summed E-state index contributed by atoms with van der Waals surface area (Å²) in [5.41, 5.74) is 7.23. The van der Waals surface area contributed by atoms with Crippen LogP contribution in [0.5, 0.6) is 0 Å². The molecule has 282 valence electrons. The maximum absolute atomic E-state index is 15.7. The lowest BCUT2D eigenvalue weighted by atomic mass is 9.67. The minimum absolute atomic E-state index is 0.336. The number of nitrogens with zero attached hydrogens (tertiary/aromatic N) is 1. The van der Waals surface area contributed by atoms with Gasteiger partial charge >= 0.3 is 0 Å². The summed E-state index contributed by atoms with van der Waals surface area (Å²) in [5, 5.41) is 5.04. The Balaban J connectivity index is 1.21. The summed E-state index contributed by atoms with van der Waals surface area (Å²) in [6.07, 6.45) is 0. The van der Waals surface area contributed by atoms with Gasteiger partial charge in [-0.1, -0.05) is 176 Å². The zero-order chi connectivity index (χ0) is 39.8. The number of fused-ring (bicyclic) bond motifs is 3. The van der Waals surface area contributed by atoms with Gasteiger partial charge in [0.25, 0.3) is 0 Å². The third-order valence-electron chi connectivity index (χ3n) is 12.0. The second-order valence-electron chi connectivity index (χ2n) is 15.1. The first kappa shape index (κ1) is 36.2. The van der Waals surface area contributed by atoms with E-state index in [2.05, 4.69) is 169 Å². The van der Waals surface area contributed by atoms with E-state index in [1.165, 1.54) is 32.9 Å². The first-order valence-electron chi connectivity index (χ1n) is 20.0. The third-order valence-corrected chi connectivity index (χ3v) is 16.8. The summed E-state index contributed by atoms with van der Waals surface area (Å²) in [4.78, 5) is 2.22. The Morgan fingerprint density at radius 1 is 0.322 bits per heavy atom. The van der Waals surface area contributed by atoms with Crippen LogP contribution in [-0.2, 0) is 5.41 Å². The summed E-state index contributed by atoms with van der Waals surface area (Å²) >= 11 is 0. The van der Waals surface area contributed by atoms with Gasteiger partial charge in [-0.05, 0) is 115 Å². The van der Waals surface area contributed by atoms with Gasteiger partial charge in [0.15, 0.2) is 8.07 Å². The van der Waals surface area contributed by atoms with E-state index in [0.29, 0.717) is 0 Å². The Labute approximate surface area is 345 Å². The van der Waals surface area contributed by atoms with Crippen LogP contribution < -0.4 is 25.6 Å². The molecule has 1 aliphatic carbocycles. The van der Waals surface area contributed by atoms with E-state index in [4.69, 9.17) is 0 Å². The number of hydrogen-bond donors (Lipinski definition) is 0. The van der Waals surface area contributed by atoms with E-state index in [-0.39, 0.29) is 11.6 Å². The smallest absolute Gasteiger partial charge is 0.179 e. The summed E-state index contributed by atoms with van der Waals surface area (Å²) in [6, 6.07) is 80.6. The standard InChI is InChI=1S/C55H39F2NSi/c56-42-30-36-51-52-37-31-43(57)39-54(52)55(53(51)38-42,40-26-32-46(33-27-40)58(44-16-6-1-7-17-44)45-18-8-2-9-19-45)41-28-34-50(35-29-41)59(47-20-10-3-11-21-47,48-22-12-4-13-23-48)49-24-14-5-15-25-49/h1-39H. The summed E-state index contributed by atoms with van der Waals surface area (Å²) in [6.45, 7) is 0. The minimum atomic E-state index is -2.84. The molecule has 59 heavy (non-hydrogen) atoms. The van der Waals surface area contributed by atoms with Crippen LogP contribution in [0.15, 0.2) is 237 Å². The van der Waals surface area contributed by atoms with Crippen LogP contribution in [0.1, 0.15) is 22.3 Å². The van der Waals surface area contributed by atoms with Crippen LogP contribution in [0.25, 0.3) is 11.1 Å². The van der Waals surface area contributed by atoms with Gasteiger partial charge in [0.05, 0.1) is 5.41 Å². The highest BCUT2D eigenvalue weighted by Crippen LogP contribution is 2.56. The van der Waals surface area contributed by atoms with Crippen LogP contribution in [0.4, 0.5) is 25.8 Å². The van der Waals surface area contributed by atoms with Crippen molar-refractivity contribution >= 4 is 45.9 Å². The quantitative estimate of drug-likeness (QED) is 0.104. The number of para-hydroxylation sites is 2. The Morgan fingerprint density at radius 3 is 1.03 bits per heavy atom. The number of anilines is 3. The minimum Gasteiger partial charge on any atom is -0.311 e. The van der Waals surface area contributed by atoms with E-state index in [1.807, 2.05) is 48.5 Å².